The third kappa shape index (κ3) is 6.61. The summed E-state index contributed by atoms with van der Waals surface area (Å²) in [6.07, 6.45) is 1.61. The topological polar surface area (TPSA) is 84.9 Å². The molecule has 1 aliphatic rings. The lowest BCUT2D eigenvalue weighted by Gasteiger charge is -2.14. The van der Waals surface area contributed by atoms with Crippen molar-refractivity contribution in [2.45, 2.75) is 20.5 Å². The molecule has 3 aromatic rings. The average Bonchev–Trinajstić information content (AvgIpc) is 3.13. The highest BCUT2D eigenvalue weighted by Gasteiger charge is 2.36. The van der Waals surface area contributed by atoms with Crippen LogP contribution in [0.4, 0.5) is 10.5 Å². The first-order valence-corrected chi connectivity index (χ1v) is 13.0. The monoisotopic (exact) mass is 580 g/mol. The fraction of sp³-hybridized carbons (Fsp3) is 0.179. The predicted molar refractivity (Wildman–Crippen MR) is 149 cm³/mol. The summed E-state index contributed by atoms with van der Waals surface area (Å²) in [5.41, 5.74) is 4.29. The highest BCUT2D eigenvalue weighted by Crippen LogP contribution is 2.35. The number of imide groups is 1. The average molecular weight is 581 g/mol. The lowest BCUT2D eigenvalue weighted by atomic mass is 10.1. The first kappa shape index (κ1) is 26.5. The number of halogens is 1. The highest BCUT2D eigenvalue weighted by molar-refractivity contribution is 9.10. The molecule has 9 heteroatoms. The summed E-state index contributed by atoms with van der Waals surface area (Å²) in [6, 6.07) is 18.7. The molecule has 1 heterocycles. The molecule has 4 rings (SSSR count). The zero-order chi connectivity index (χ0) is 26.5. The summed E-state index contributed by atoms with van der Waals surface area (Å²) in [6.45, 7) is 3.86. The number of aryl methyl sites for hydroxylation is 2. The van der Waals surface area contributed by atoms with Gasteiger partial charge in [0.2, 0.25) is 5.91 Å². The van der Waals surface area contributed by atoms with Gasteiger partial charge in [0.25, 0.3) is 11.1 Å². The molecule has 0 saturated carbocycles. The molecule has 190 valence electrons. The van der Waals surface area contributed by atoms with E-state index in [-0.39, 0.29) is 11.4 Å². The number of ether oxygens (including phenoxy) is 2. The van der Waals surface area contributed by atoms with E-state index in [1.165, 1.54) is 7.11 Å². The van der Waals surface area contributed by atoms with Crippen LogP contribution in [-0.2, 0) is 16.2 Å². The number of carbonyl (C=O) groups excluding carboxylic acids is 3. The van der Waals surface area contributed by atoms with Gasteiger partial charge in [-0.15, -0.1) is 0 Å². The first-order chi connectivity index (χ1) is 17.7. The van der Waals surface area contributed by atoms with Gasteiger partial charge in [-0.05, 0) is 78.7 Å². The summed E-state index contributed by atoms with van der Waals surface area (Å²) in [7, 11) is 1.54. The quantitative estimate of drug-likeness (QED) is 0.313. The van der Waals surface area contributed by atoms with Crippen LogP contribution >= 0.6 is 27.7 Å². The number of rotatable bonds is 8. The minimum Gasteiger partial charge on any atom is -0.493 e. The van der Waals surface area contributed by atoms with Gasteiger partial charge < -0.3 is 14.8 Å². The number of hydrogen-bond donors (Lipinski definition) is 1. The maximum Gasteiger partial charge on any atom is 0.294 e. The van der Waals surface area contributed by atoms with Crippen LogP contribution in [0.2, 0.25) is 0 Å². The minimum absolute atomic E-state index is 0.231. The molecular weight excluding hydrogens is 556 g/mol. The molecule has 1 N–H and O–H groups in total. The van der Waals surface area contributed by atoms with E-state index in [4.69, 9.17) is 9.47 Å². The van der Waals surface area contributed by atoms with Crippen LogP contribution in [0.5, 0.6) is 11.5 Å². The summed E-state index contributed by atoms with van der Waals surface area (Å²) >= 11 is 4.21. The Morgan fingerprint density at radius 3 is 2.49 bits per heavy atom. The van der Waals surface area contributed by atoms with Crippen LogP contribution in [-0.4, -0.2) is 35.6 Å². The van der Waals surface area contributed by atoms with Gasteiger partial charge >= 0.3 is 0 Å². The SMILES string of the molecule is COc1cc(/C=C2\SC(=O)N(CC(=O)Nc3ccc(C)cc3C)C2=O)ccc1OCc1ccc(Br)cc1. The van der Waals surface area contributed by atoms with Gasteiger partial charge in [0.15, 0.2) is 11.5 Å². The van der Waals surface area contributed by atoms with E-state index >= 15 is 0 Å². The Kier molecular flexibility index (Phi) is 8.35. The number of nitrogens with zero attached hydrogens (tertiary/aromatic N) is 1. The van der Waals surface area contributed by atoms with Crippen LogP contribution in [0.15, 0.2) is 70.0 Å². The lowest BCUT2D eigenvalue weighted by Crippen LogP contribution is -2.36. The number of methoxy groups -OCH3 is 1. The van der Waals surface area contributed by atoms with E-state index in [0.717, 1.165) is 37.8 Å². The molecule has 0 aliphatic carbocycles. The lowest BCUT2D eigenvalue weighted by molar-refractivity contribution is -0.127. The summed E-state index contributed by atoms with van der Waals surface area (Å²) in [5.74, 6) is 0.0986. The zero-order valence-electron chi connectivity index (χ0n) is 20.5. The molecule has 0 unspecified atom stereocenters. The molecule has 0 spiro atoms. The summed E-state index contributed by atoms with van der Waals surface area (Å²) < 4.78 is 12.4. The second-order valence-electron chi connectivity index (χ2n) is 8.46. The molecule has 3 amide bonds. The van der Waals surface area contributed by atoms with E-state index in [9.17, 15) is 14.4 Å². The van der Waals surface area contributed by atoms with Gasteiger partial charge in [0.05, 0.1) is 12.0 Å². The largest absolute Gasteiger partial charge is 0.493 e. The van der Waals surface area contributed by atoms with E-state index in [1.54, 1.807) is 30.3 Å². The van der Waals surface area contributed by atoms with Crippen LogP contribution in [0.25, 0.3) is 6.08 Å². The molecule has 0 atom stereocenters. The van der Waals surface area contributed by atoms with Crippen molar-refractivity contribution in [2.75, 3.05) is 19.0 Å². The van der Waals surface area contributed by atoms with E-state index in [0.29, 0.717) is 29.4 Å². The van der Waals surface area contributed by atoms with Gasteiger partial charge in [-0.2, -0.15) is 0 Å². The molecule has 1 aliphatic heterocycles. The first-order valence-electron chi connectivity index (χ1n) is 11.4. The Balaban J connectivity index is 1.42. The van der Waals surface area contributed by atoms with Crippen molar-refractivity contribution < 1.29 is 23.9 Å². The van der Waals surface area contributed by atoms with Crippen LogP contribution in [0.3, 0.4) is 0 Å². The number of amides is 3. The fourth-order valence-electron chi connectivity index (χ4n) is 3.71. The van der Waals surface area contributed by atoms with E-state index in [2.05, 4.69) is 21.2 Å². The Morgan fingerprint density at radius 2 is 1.78 bits per heavy atom. The van der Waals surface area contributed by atoms with E-state index < -0.39 is 17.1 Å². The number of nitrogens with one attached hydrogen (secondary N) is 1. The second-order valence-corrected chi connectivity index (χ2v) is 10.4. The molecule has 0 radical (unpaired) electrons. The molecule has 7 nitrogen and oxygen atoms in total. The molecule has 3 aromatic carbocycles. The predicted octanol–water partition coefficient (Wildman–Crippen LogP) is 6.33. The second kappa shape index (κ2) is 11.7. The normalized spacial score (nSPS) is 14.3. The number of benzene rings is 3. The van der Waals surface area contributed by atoms with Crippen LogP contribution < -0.4 is 14.8 Å². The fourth-order valence-corrected chi connectivity index (χ4v) is 4.81. The zero-order valence-corrected chi connectivity index (χ0v) is 22.9. The van der Waals surface area contributed by atoms with Crippen molar-refractivity contribution in [1.29, 1.82) is 0 Å². The van der Waals surface area contributed by atoms with Gasteiger partial charge in [0, 0.05) is 10.2 Å². The molecule has 37 heavy (non-hydrogen) atoms. The molecule has 1 fully saturated rings. The maximum absolute atomic E-state index is 12.9. The smallest absolute Gasteiger partial charge is 0.294 e. The van der Waals surface area contributed by atoms with Crippen molar-refractivity contribution in [3.63, 3.8) is 0 Å². The van der Waals surface area contributed by atoms with Gasteiger partial charge in [-0.25, -0.2) is 0 Å². The Bertz CT molecular complexity index is 1390. The number of anilines is 1. The van der Waals surface area contributed by atoms with Gasteiger partial charge in [-0.3, -0.25) is 19.3 Å². The molecule has 0 aromatic heterocycles. The molecular formula is C28H25BrN2O5S. The van der Waals surface area contributed by atoms with Crippen molar-refractivity contribution in [3.8, 4) is 11.5 Å². The highest BCUT2D eigenvalue weighted by atomic mass is 79.9. The summed E-state index contributed by atoms with van der Waals surface area (Å²) in [4.78, 5) is 39.1. The maximum atomic E-state index is 12.9. The standard InChI is InChI=1S/C28H25BrN2O5S/c1-17-4-10-22(18(2)12-17)30-26(32)15-31-27(33)25(37-28(31)34)14-20-7-11-23(24(13-20)35-3)36-16-19-5-8-21(29)9-6-19/h4-14H,15-16H2,1-3H3,(H,30,32)/b25-14-. The third-order valence-corrected chi connectivity index (χ3v) is 7.06. The number of hydrogen-bond acceptors (Lipinski definition) is 6. The minimum atomic E-state index is -0.514. The summed E-state index contributed by atoms with van der Waals surface area (Å²) in [5, 5.41) is 2.28. The van der Waals surface area contributed by atoms with Crippen molar-refractivity contribution in [1.82, 2.24) is 4.90 Å². The molecule has 1 saturated heterocycles. The van der Waals surface area contributed by atoms with Crippen LogP contribution in [0, 0.1) is 13.8 Å². The van der Waals surface area contributed by atoms with E-state index in [1.807, 2.05) is 50.2 Å². The number of thioether (sulfide) groups is 1. The Morgan fingerprint density at radius 1 is 1.03 bits per heavy atom. The number of carbonyl (C=O) groups is 3. The van der Waals surface area contributed by atoms with Crippen LogP contribution in [0.1, 0.15) is 22.3 Å². The van der Waals surface area contributed by atoms with Gasteiger partial charge in [-0.1, -0.05) is 51.8 Å². The Labute approximate surface area is 228 Å². The van der Waals surface area contributed by atoms with Crippen molar-refractivity contribution in [3.05, 3.63) is 92.3 Å². The van der Waals surface area contributed by atoms with Crippen molar-refractivity contribution >= 4 is 56.5 Å². The Hall–Kier alpha value is -3.56. The molecule has 0 bridgehead atoms. The van der Waals surface area contributed by atoms with Gasteiger partial charge in [0.1, 0.15) is 13.2 Å². The van der Waals surface area contributed by atoms with Crippen molar-refractivity contribution in [2.24, 2.45) is 0 Å². The third-order valence-electron chi connectivity index (χ3n) is 5.62.